The molecule has 0 saturated carbocycles. The van der Waals surface area contributed by atoms with E-state index in [-0.39, 0.29) is 5.78 Å². The highest BCUT2D eigenvalue weighted by Gasteiger charge is 2.39. The topological polar surface area (TPSA) is 81.7 Å². The predicted molar refractivity (Wildman–Crippen MR) is 103 cm³/mol. The average Bonchev–Trinajstić information content (AvgIpc) is 2.65. The second-order valence-corrected chi connectivity index (χ2v) is 7.06. The molecule has 3 rings (SSSR count). The molecular weight excluding hydrogens is 358 g/mol. The number of carbonyl (C=O) groups is 3. The van der Waals surface area contributed by atoms with Crippen molar-refractivity contribution in [3.63, 3.8) is 0 Å². The number of benzene rings is 1. The van der Waals surface area contributed by atoms with Gasteiger partial charge < -0.3 is 14.8 Å². The van der Waals surface area contributed by atoms with Gasteiger partial charge >= 0.3 is 11.9 Å². The van der Waals surface area contributed by atoms with E-state index in [1.165, 1.54) is 6.92 Å². The highest BCUT2D eigenvalue weighted by atomic mass is 16.5. The van der Waals surface area contributed by atoms with E-state index in [4.69, 9.17) is 9.47 Å². The lowest BCUT2D eigenvalue weighted by molar-refractivity contribution is -0.139. The summed E-state index contributed by atoms with van der Waals surface area (Å²) in [5.74, 6) is -0.825. The lowest BCUT2D eigenvalue weighted by atomic mass is 9.75. The fourth-order valence-electron chi connectivity index (χ4n) is 3.75. The molecule has 1 aliphatic carbocycles. The van der Waals surface area contributed by atoms with Gasteiger partial charge in [-0.1, -0.05) is 19.1 Å². The minimum atomic E-state index is -0.486. The Morgan fingerprint density at radius 3 is 2.54 bits per heavy atom. The Balaban J connectivity index is 2.05. The molecule has 1 N–H and O–H groups in total. The van der Waals surface area contributed by atoms with E-state index in [1.54, 1.807) is 24.3 Å². The third kappa shape index (κ3) is 4.01. The molecule has 1 aromatic carbocycles. The van der Waals surface area contributed by atoms with E-state index in [1.807, 2.05) is 13.8 Å². The van der Waals surface area contributed by atoms with Crippen LogP contribution in [0.25, 0.3) is 0 Å². The zero-order chi connectivity index (χ0) is 20.3. The molecule has 1 aromatic rings. The van der Waals surface area contributed by atoms with Gasteiger partial charge in [-0.2, -0.15) is 0 Å². The molecule has 0 saturated heterocycles. The van der Waals surface area contributed by atoms with Crippen molar-refractivity contribution in [2.45, 2.75) is 52.4 Å². The molecule has 0 unspecified atom stereocenters. The van der Waals surface area contributed by atoms with Crippen LogP contribution < -0.4 is 10.1 Å². The average molecular weight is 383 g/mol. The molecule has 0 radical (unpaired) electrons. The molecule has 2 aliphatic rings. The molecule has 0 bridgehead atoms. The first-order valence-corrected chi connectivity index (χ1v) is 9.62. The van der Waals surface area contributed by atoms with E-state index in [0.717, 1.165) is 30.5 Å². The van der Waals surface area contributed by atoms with Crippen molar-refractivity contribution in [1.29, 1.82) is 0 Å². The molecule has 28 heavy (non-hydrogen) atoms. The van der Waals surface area contributed by atoms with Crippen molar-refractivity contribution < 1.29 is 23.9 Å². The third-order valence-electron chi connectivity index (χ3n) is 4.91. The molecule has 1 heterocycles. The highest BCUT2D eigenvalue weighted by molar-refractivity contribution is 6.03. The maximum Gasteiger partial charge on any atom is 0.336 e. The first-order valence-electron chi connectivity index (χ1n) is 9.62. The molecule has 148 valence electrons. The molecule has 0 amide bonds. The van der Waals surface area contributed by atoms with Crippen LogP contribution in [0.2, 0.25) is 0 Å². The number of rotatable bonds is 5. The number of ether oxygens (including phenoxy) is 2. The van der Waals surface area contributed by atoms with Crippen molar-refractivity contribution in [1.82, 2.24) is 5.32 Å². The lowest BCUT2D eigenvalue weighted by Gasteiger charge is -2.34. The van der Waals surface area contributed by atoms with Gasteiger partial charge in [-0.3, -0.25) is 9.59 Å². The number of Topliss-reactive ketones (excluding diaryl/α,β-unsaturated/α-hetero) is 1. The van der Waals surface area contributed by atoms with Crippen molar-refractivity contribution in [2.75, 3.05) is 6.61 Å². The highest BCUT2D eigenvalue weighted by Crippen LogP contribution is 2.42. The van der Waals surface area contributed by atoms with Crippen molar-refractivity contribution in [2.24, 2.45) is 0 Å². The molecule has 6 heteroatoms. The Morgan fingerprint density at radius 1 is 1.18 bits per heavy atom. The zero-order valence-corrected chi connectivity index (χ0v) is 16.5. The first-order chi connectivity index (χ1) is 13.4. The lowest BCUT2D eigenvalue weighted by Crippen LogP contribution is -2.34. The summed E-state index contributed by atoms with van der Waals surface area (Å²) in [5, 5.41) is 3.26. The number of nitrogens with one attached hydrogen (secondary N) is 1. The molecule has 0 fully saturated rings. The fourth-order valence-corrected chi connectivity index (χ4v) is 3.75. The van der Waals surface area contributed by atoms with Crippen LogP contribution in [-0.4, -0.2) is 24.3 Å². The molecule has 1 aliphatic heterocycles. The number of hydrogen-bond acceptors (Lipinski definition) is 6. The van der Waals surface area contributed by atoms with Crippen LogP contribution in [0.4, 0.5) is 0 Å². The standard InChI is InChI=1S/C22H25NO5/c1-4-12-27-22(26)19-13(2)23-17-6-5-7-18(25)21(17)20(19)15-8-10-16(11-9-15)28-14(3)24/h8-11,20,23H,4-7,12H2,1-3H3/t20-/m1/s1. The number of ketones is 1. The summed E-state index contributed by atoms with van der Waals surface area (Å²) in [4.78, 5) is 36.8. The smallest absolute Gasteiger partial charge is 0.336 e. The van der Waals surface area contributed by atoms with Gasteiger partial charge in [0.1, 0.15) is 5.75 Å². The molecule has 6 nitrogen and oxygen atoms in total. The fraction of sp³-hybridized carbons (Fsp3) is 0.409. The summed E-state index contributed by atoms with van der Waals surface area (Å²) in [7, 11) is 0. The predicted octanol–water partition coefficient (Wildman–Crippen LogP) is 3.53. The second-order valence-electron chi connectivity index (χ2n) is 7.06. The van der Waals surface area contributed by atoms with E-state index in [0.29, 0.717) is 35.6 Å². The van der Waals surface area contributed by atoms with Crippen molar-refractivity contribution in [3.8, 4) is 5.75 Å². The van der Waals surface area contributed by atoms with Gasteiger partial charge in [0, 0.05) is 36.2 Å². The van der Waals surface area contributed by atoms with E-state index >= 15 is 0 Å². The molecule has 1 atom stereocenters. The van der Waals surface area contributed by atoms with E-state index in [9.17, 15) is 14.4 Å². The summed E-state index contributed by atoms with van der Waals surface area (Å²) in [6, 6.07) is 6.94. The van der Waals surface area contributed by atoms with Crippen LogP contribution in [0.1, 0.15) is 57.9 Å². The van der Waals surface area contributed by atoms with Gasteiger partial charge in [0.15, 0.2) is 5.78 Å². The summed E-state index contributed by atoms with van der Waals surface area (Å²) in [6.07, 6.45) is 2.77. The van der Waals surface area contributed by atoms with Crippen LogP contribution >= 0.6 is 0 Å². The molecule has 0 aromatic heterocycles. The minimum absolute atomic E-state index is 0.0519. The van der Waals surface area contributed by atoms with Crippen LogP contribution in [0.5, 0.6) is 5.75 Å². The maximum absolute atomic E-state index is 12.8. The number of allylic oxidation sites excluding steroid dienone is 3. The summed E-state index contributed by atoms with van der Waals surface area (Å²) in [5.41, 5.74) is 3.49. The quantitative estimate of drug-likeness (QED) is 0.619. The summed E-state index contributed by atoms with van der Waals surface area (Å²) >= 11 is 0. The second kappa shape index (κ2) is 8.42. The largest absolute Gasteiger partial charge is 0.462 e. The Bertz CT molecular complexity index is 863. The summed E-state index contributed by atoms with van der Waals surface area (Å²) < 4.78 is 10.5. The maximum atomic E-state index is 12.8. The van der Waals surface area contributed by atoms with Crippen molar-refractivity contribution >= 4 is 17.7 Å². The first kappa shape index (κ1) is 19.9. The normalized spacial score (nSPS) is 19.1. The SMILES string of the molecule is CCCOC(=O)C1=C(C)NC2=C(C(=O)CCC2)[C@@H]1c1ccc(OC(C)=O)cc1. The molecular formula is C22H25NO5. The van der Waals surface area contributed by atoms with E-state index < -0.39 is 17.9 Å². The van der Waals surface area contributed by atoms with Crippen molar-refractivity contribution in [3.05, 3.63) is 52.4 Å². The Kier molecular flexibility index (Phi) is 5.97. The molecule has 0 spiro atoms. The number of dihydropyridines is 1. The van der Waals surface area contributed by atoms with Gasteiger partial charge in [0.2, 0.25) is 0 Å². The Morgan fingerprint density at radius 2 is 1.89 bits per heavy atom. The summed E-state index contributed by atoms with van der Waals surface area (Å²) in [6.45, 7) is 5.44. The van der Waals surface area contributed by atoms with Gasteiger partial charge in [-0.15, -0.1) is 0 Å². The number of esters is 2. The third-order valence-corrected chi connectivity index (χ3v) is 4.91. The monoisotopic (exact) mass is 383 g/mol. The van der Waals surface area contributed by atoms with Crippen LogP contribution in [0.15, 0.2) is 46.8 Å². The number of hydrogen-bond donors (Lipinski definition) is 1. The van der Waals surface area contributed by atoms with Gasteiger partial charge in [0.25, 0.3) is 0 Å². The Hall–Kier alpha value is -2.89. The van der Waals surface area contributed by atoms with Crippen LogP contribution in [-0.2, 0) is 19.1 Å². The minimum Gasteiger partial charge on any atom is -0.462 e. The van der Waals surface area contributed by atoms with Gasteiger partial charge in [0.05, 0.1) is 12.2 Å². The van der Waals surface area contributed by atoms with Gasteiger partial charge in [-0.25, -0.2) is 4.79 Å². The number of carbonyl (C=O) groups excluding carboxylic acids is 3. The van der Waals surface area contributed by atoms with Gasteiger partial charge in [-0.05, 0) is 43.9 Å². The van der Waals surface area contributed by atoms with Crippen LogP contribution in [0.3, 0.4) is 0 Å². The van der Waals surface area contributed by atoms with E-state index in [2.05, 4.69) is 5.32 Å². The Labute approximate surface area is 164 Å². The zero-order valence-electron chi connectivity index (χ0n) is 16.5. The van der Waals surface area contributed by atoms with Crippen LogP contribution in [0, 0.1) is 0 Å².